The molecule has 0 aromatic heterocycles. The summed E-state index contributed by atoms with van der Waals surface area (Å²) in [5.41, 5.74) is 0. The van der Waals surface area contributed by atoms with Crippen LogP contribution >= 0.6 is 0 Å². The first-order valence-electron chi connectivity index (χ1n) is 2.61. The fraction of sp³-hybridized carbons (Fsp3) is 1.00. The summed E-state index contributed by atoms with van der Waals surface area (Å²) in [6.07, 6.45) is 0.318. The van der Waals surface area contributed by atoms with E-state index in [1.165, 1.54) is 7.11 Å². The van der Waals surface area contributed by atoms with E-state index in [2.05, 4.69) is 9.78 Å². The molecule has 3 heteroatoms. The van der Waals surface area contributed by atoms with Gasteiger partial charge in [0, 0.05) is 0 Å². The molecule has 0 aliphatic rings. The van der Waals surface area contributed by atoms with Gasteiger partial charge in [-0.05, 0) is 13.3 Å². The minimum atomic E-state index is -0.301. The summed E-state index contributed by atoms with van der Waals surface area (Å²) in [7, 11) is 1.45. The third kappa shape index (κ3) is 5.88. The molecule has 0 aliphatic heterocycles. The molecular weight excluding hydrogens is 108 g/mol. The van der Waals surface area contributed by atoms with Crippen LogP contribution in [0.25, 0.3) is 0 Å². The standard InChI is InChI=1S/C5H12O3/c1-5(6)3-4-8-7-2/h5-6H,3-4H2,1-2H3. The van der Waals surface area contributed by atoms with Gasteiger partial charge in [0.15, 0.2) is 0 Å². The van der Waals surface area contributed by atoms with Crippen LogP contribution in [0.3, 0.4) is 0 Å². The Hall–Kier alpha value is -0.120. The van der Waals surface area contributed by atoms with Crippen LogP contribution in [0.15, 0.2) is 0 Å². The highest BCUT2D eigenvalue weighted by Crippen LogP contribution is 1.88. The van der Waals surface area contributed by atoms with Crippen LogP contribution in [0.1, 0.15) is 13.3 Å². The fourth-order valence-corrected chi connectivity index (χ4v) is 0.302. The van der Waals surface area contributed by atoms with E-state index in [0.29, 0.717) is 13.0 Å². The molecule has 0 spiro atoms. The molecule has 1 N–H and O–H groups in total. The zero-order valence-corrected chi connectivity index (χ0v) is 5.26. The molecule has 3 nitrogen and oxygen atoms in total. The van der Waals surface area contributed by atoms with Gasteiger partial charge in [0.2, 0.25) is 0 Å². The molecule has 0 radical (unpaired) electrons. The van der Waals surface area contributed by atoms with Crippen molar-refractivity contribution in [2.24, 2.45) is 0 Å². The lowest BCUT2D eigenvalue weighted by Crippen LogP contribution is -2.04. The van der Waals surface area contributed by atoms with Crippen LogP contribution in [0, 0.1) is 0 Å². The van der Waals surface area contributed by atoms with Gasteiger partial charge in [-0.25, -0.2) is 9.78 Å². The molecule has 0 bridgehead atoms. The molecule has 0 saturated carbocycles. The Kier molecular flexibility index (Phi) is 4.95. The predicted octanol–water partition coefficient (Wildman–Crippen LogP) is 0.335. The number of aliphatic hydroxyl groups excluding tert-OH is 1. The van der Waals surface area contributed by atoms with Crippen molar-refractivity contribution in [1.29, 1.82) is 0 Å². The SMILES string of the molecule is COOCCC(C)O. The highest BCUT2D eigenvalue weighted by Gasteiger charge is 1.93. The highest BCUT2D eigenvalue weighted by molar-refractivity contribution is 4.41. The minimum Gasteiger partial charge on any atom is -0.393 e. The van der Waals surface area contributed by atoms with Crippen molar-refractivity contribution in [3.05, 3.63) is 0 Å². The first-order valence-corrected chi connectivity index (χ1v) is 2.61. The lowest BCUT2D eigenvalue weighted by Gasteiger charge is -2.00. The summed E-state index contributed by atoms with van der Waals surface area (Å²) in [6.45, 7) is 2.16. The molecule has 1 unspecified atom stereocenters. The lowest BCUT2D eigenvalue weighted by molar-refractivity contribution is -0.274. The second-order valence-electron chi connectivity index (χ2n) is 1.63. The van der Waals surface area contributed by atoms with E-state index in [1.54, 1.807) is 6.92 Å². The molecule has 0 saturated heterocycles. The van der Waals surface area contributed by atoms with Crippen LogP contribution in [-0.4, -0.2) is 24.9 Å². The van der Waals surface area contributed by atoms with Gasteiger partial charge in [0.05, 0.1) is 19.8 Å². The topological polar surface area (TPSA) is 38.7 Å². The molecule has 0 fully saturated rings. The fourth-order valence-electron chi connectivity index (χ4n) is 0.302. The van der Waals surface area contributed by atoms with E-state index in [1.807, 2.05) is 0 Å². The van der Waals surface area contributed by atoms with Crippen molar-refractivity contribution in [3.63, 3.8) is 0 Å². The molecular formula is C5H12O3. The van der Waals surface area contributed by atoms with E-state index in [0.717, 1.165) is 0 Å². The Bertz CT molecular complexity index is 44.9. The van der Waals surface area contributed by atoms with Gasteiger partial charge in [-0.3, -0.25) is 0 Å². The van der Waals surface area contributed by atoms with Crippen molar-refractivity contribution in [1.82, 2.24) is 0 Å². The zero-order chi connectivity index (χ0) is 6.41. The normalized spacial score (nSPS) is 13.9. The van der Waals surface area contributed by atoms with Crippen molar-refractivity contribution in [3.8, 4) is 0 Å². The second-order valence-corrected chi connectivity index (χ2v) is 1.63. The number of hydrogen-bond acceptors (Lipinski definition) is 3. The average Bonchev–Trinajstić information content (AvgIpc) is 1.66. The summed E-state index contributed by atoms with van der Waals surface area (Å²) < 4.78 is 0. The van der Waals surface area contributed by atoms with Crippen molar-refractivity contribution >= 4 is 0 Å². The van der Waals surface area contributed by atoms with Gasteiger partial charge in [-0.1, -0.05) is 0 Å². The predicted molar refractivity (Wildman–Crippen MR) is 29.3 cm³/mol. The van der Waals surface area contributed by atoms with Gasteiger partial charge in [-0.2, -0.15) is 0 Å². The van der Waals surface area contributed by atoms with E-state index < -0.39 is 0 Å². The monoisotopic (exact) mass is 120 g/mol. The Labute approximate surface area is 49.1 Å². The quantitative estimate of drug-likeness (QED) is 0.330. The minimum absolute atomic E-state index is 0.301. The maximum atomic E-state index is 8.64. The van der Waals surface area contributed by atoms with Crippen LogP contribution in [0.2, 0.25) is 0 Å². The van der Waals surface area contributed by atoms with Crippen molar-refractivity contribution < 1.29 is 14.9 Å². The van der Waals surface area contributed by atoms with E-state index in [-0.39, 0.29) is 6.10 Å². The molecule has 0 rings (SSSR count). The van der Waals surface area contributed by atoms with Crippen LogP contribution < -0.4 is 0 Å². The van der Waals surface area contributed by atoms with Crippen LogP contribution in [0.5, 0.6) is 0 Å². The molecule has 50 valence electrons. The Balaban J connectivity index is 2.72. The molecule has 0 aromatic carbocycles. The van der Waals surface area contributed by atoms with Crippen LogP contribution in [-0.2, 0) is 9.78 Å². The largest absolute Gasteiger partial charge is 0.393 e. The maximum Gasteiger partial charge on any atom is 0.0846 e. The van der Waals surface area contributed by atoms with Crippen molar-refractivity contribution in [2.75, 3.05) is 13.7 Å². The molecule has 0 heterocycles. The van der Waals surface area contributed by atoms with Gasteiger partial charge < -0.3 is 5.11 Å². The summed E-state index contributed by atoms with van der Waals surface area (Å²) in [6, 6.07) is 0. The maximum absolute atomic E-state index is 8.64. The Morgan fingerprint density at radius 1 is 1.62 bits per heavy atom. The van der Waals surface area contributed by atoms with Gasteiger partial charge in [-0.15, -0.1) is 0 Å². The highest BCUT2D eigenvalue weighted by atomic mass is 17.2. The van der Waals surface area contributed by atoms with Crippen LogP contribution in [0.4, 0.5) is 0 Å². The lowest BCUT2D eigenvalue weighted by atomic mass is 10.3. The molecule has 0 aromatic rings. The van der Waals surface area contributed by atoms with Crippen molar-refractivity contribution in [2.45, 2.75) is 19.4 Å². The first kappa shape index (κ1) is 7.88. The summed E-state index contributed by atoms with van der Waals surface area (Å²) in [4.78, 5) is 8.77. The Morgan fingerprint density at radius 2 is 2.25 bits per heavy atom. The molecule has 8 heavy (non-hydrogen) atoms. The van der Waals surface area contributed by atoms with E-state index >= 15 is 0 Å². The van der Waals surface area contributed by atoms with Gasteiger partial charge in [0.25, 0.3) is 0 Å². The summed E-state index contributed by atoms with van der Waals surface area (Å²) >= 11 is 0. The van der Waals surface area contributed by atoms with Gasteiger partial charge in [0.1, 0.15) is 0 Å². The molecule has 0 aliphatic carbocycles. The molecule has 1 atom stereocenters. The van der Waals surface area contributed by atoms with E-state index in [4.69, 9.17) is 5.11 Å². The zero-order valence-electron chi connectivity index (χ0n) is 5.26. The Morgan fingerprint density at radius 3 is 2.62 bits per heavy atom. The third-order valence-corrected chi connectivity index (χ3v) is 0.737. The number of aliphatic hydroxyl groups is 1. The van der Waals surface area contributed by atoms with E-state index in [9.17, 15) is 0 Å². The molecule has 0 amide bonds. The second kappa shape index (κ2) is 5.03. The van der Waals surface area contributed by atoms with Gasteiger partial charge >= 0.3 is 0 Å². The summed E-state index contributed by atoms with van der Waals surface area (Å²) in [5.74, 6) is 0. The third-order valence-electron chi connectivity index (χ3n) is 0.737. The number of rotatable bonds is 4. The first-order chi connectivity index (χ1) is 3.77. The summed E-state index contributed by atoms with van der Waals surface area (Å²) in [5, 5.41) is 8.64. The average molecular weight is 120 g/mol. The smallest absolute Gasteiger partial charge is 0.0846 e. The number of hydrogen-bond donors (Lipinski definition) is 1.